The van der Waals surface area contributed by atoms with Gasteiger partial charge in [0.2, 0.25) is 5.82 Å². The Morgan fingerprint density at radius 1 is 1.12 bits per heavy atom. The van der Waals surface area contributed by atoms with E-state index in [4.69, 9.17) is 4.74 Å². The molecule has 0 atom stereocenters. The van der Waals surface area contributed by atoms with Crippen molar-refractivity contribution in [3.8, 4) is 0 Å². The molecule has 2 aliphatic heterocycles. The van der Waals surface area contributed by atoms with Crippen LogP contribution in [0.25, 0.3) is 0 Å². The molecule has 0 spiro atoms. The lowest BCUT2D eigenvalue weighted by Gasteiger charge is -2.50. The fourth-order valence-electron chi connectivity index (χ4n) is 4.84. The number of halogens is 2. The third-order valence-electron chi connectivity index (χ3n) is 7.33. The number of aromatic nitrogens is 4. The molecule has 6 rings (SSSR count). The Morgan fingerprint density at radius 3 is 2.50 bits per heavy atom. The predicted molar refractivity (Wildman–Crippen MR) is 116 cm³/mol. The van der Waals surface area contributed by atoms with Crippen molar-refractivity contribution >= 4 is 17.5 Å². The lowest BCUT2D eigenvalue weighted by molar-refractivity contribution is -0.131. The molecule has 0 amide bonds. The number of ether oxygens (including phenoxy) is 1. The molecule has 4 heterocycles. The Morgan fingerprint density at radius 2 is 1.88 bits per heavy atom. The minimum Gasteiger partial charge on any atom is -0.377 e. The summed E-state index contributed by atoms with van der Waals surface area (Å²) in [5, 5.41) is 10.2. The van der Waals surface area contributed by atoms with Gasteiger partial charge in [0.1, 0.15) is 12.0 Å². The summed E-state index contributed by atoms with van der Waals surface area (Å²) in [5.41, 5.74) is 0.978. The quantitative estimate of drug-likeness (QED) is 0.707. The van der Waals surface area contributed by atoms with Crippen LogP contribution in [0.2, 0.25) is 0 Å². The second-order valence-electron chi connectivity index (χ2n) is 9.91. The maximum Gasteiger partial charge on any atom is 0.208 e. The van der Waals surface area contributed by atoms with Crippen LogP contribution in [0.15, 0.2) is 6.07 Å². The zero-order valence-electron chi connectivity index (χ0n) is 18.3. The van der Waals surface area contributed by atoms with Crippen molar-refractivity contribution < 1.29 is 13.5 Å². The van der Waals surface area contributed by atoms with Gasteiger partial charge in [-0.1, -0.05) is 0 Å². The van der Waals surface area contributed by atoms with E-state index in [-0.39, 0.29) is 17.3 Å². The van der Waals surface area contributed by atoms with Gasteiger partial charge in [0.05, 0.1) is 18.8 Å². The van der Waals surface area contributed by atoms with Gasteiger partial charge in [-0.05, 0) is 32.6 Å². The second-order valence-corrected chi connectivity index (χ2v) is 9.91. The van der Waals surface area contributed by atoms with Crippen LogP contribution >= 0.6 is 0 Å². The van der Waals surface area contributed by atoms with Crippen LogP contribution in [0.3, 0.4) is 0 Å². The van der Waals surface area contributed by atoms with Gasteiger partial charge < -0.3 is 15.0 Å². The molecule has 4 fully saturated rings. The van der Waals surface area contributed by atoms with Crippen molar-refractivity contribution in [1.82, 2.24) is 25.1 Å². The van der Waals surface area contributed by atoms with E-state index in [9.17, 15) is 4.39 Å². The van der Waals surface area contributed by atoms with Crippen LogP contribution in [0.4, 0.5) is 26.2 Å². The van der Waals surface area contributed by atoms with Crippen LogP contribution in [0.5, 0.6) is 0 Å². The summed E-state index contributed by atoms with van der Waals surface area (Å²) in [5.74, 6) is 1.73. The number of aromatic amines is 1. The molecule has 2 aliphatic carbocycles. The first-order valence-electron chi connectivity index (χ1n) is 11.6. The van der Waals surface area contributed by atoms with Crippen molar-refractivity contribution in [2.45, 2.75) is 56.2 Å². The van der Waals surface area contributed by atoms with Crippen LogP contribution in [0.1, 0.15) is 56.0 Å². The van der Waals surface area contributed by atoms with Gasteiger partial charge in [-0.25, -0.2) is 14.4 Å². The van der Waals surface area contributed by atoms with E-state index in [0.29, 0.717) is 49.3 Å². The number of anilines is 3. The maximum atomic E-state index is 15.6. The molecule has 172 valence electrons. The molecule has 0 unspecified atom stereocenters. The molecular weight excluding hydrogens is 416 g/mol. The van der Waals surface area contributed by atoms with E-state index in [1.807, 2.05) is 11.0 Å². The number of alkyl halides is 1. The Labute approximate surface area is 185 Å². The van der Waals surface area contributed by atoms with E-state index in [0.717, 1.165) is 44.8 Å². The van der Waals surface area contributed by atoms with Crippen molar-refractivity contribution in [3.63, 3.8) is 0 Å². The smallest absolute Gasteiger partial charge is 0.208 e. The summed E-state index contributed by atoms with van der Waals surface area (Å²) >= 11 is 0. The van der Waals surface area contributed by atoms with E-state index in [1.165, 1.54) is 0 Å². The van der Waals surface area contributed by atoms with Crippen LogP contribution in [-0.4, -0.2) is 76.2 Å². The molecule has 2 saturated heterocycles. The molecule has 0 radical (unpaired) electrons. The zero-order valence-corrected chi connectivity index (χ0v) is 18.3. The maximum absolute atomic E-state index is 15.6. The van der Waals surface area contributed by atoms with E-state index >= 15 is 4.39 Å². The molecule has 10 heteroatoms. The molecule has 4 aliphatic rings. The van der Waals surface area contributed by atoms with Gasteiger partial charge in [-0.2, -0.15) is 9.49 Å². The van der Waals surface area contributed by atoms with Crippen molar-refractivity contribution in [1.29, 1.82) is 0 Å². The molecule has 2 N–H and O–H groups in total. The molecule has 2 saturated carbocycles. The minimum atomic E-state index is -0.734. The number of H-pyrrole nitrogens is 1. The highest BCUT2D eigenvalue weighted by Crippen LogP contribution is 2.41. The third kappa shape index (κ3) is 3.63. The second kappa shape index (κ2) is 7.62. The SMILES string of the molecule is CC1(N2CCN(c3nc(C4CC4)nc(Nc4cc(C5CC(F)C5)[nH]n4)c3F)CC2)COC1. The van der Waals surface area contributed by atoms with Gasteiger partial charge >= 0.3 is 0 Å². The fraction of sp³-hybridized carbons (Fsp3) is 0.682. The van der Waals surface area contributed by atoms with E-state index in [2.05, 4.69) is 37.3 Å². The number of piperazine rings is 1. The first-order chi connectivity index (χ1) is 15.5. The highest BCUT2D eigenvalue weighted by Gasteiger charge is 2.41. The van der Waals surface area contributed by atoms with Crippen molar-refractivity contribution in [2.24, 2.45) is 0 Å². The largest absolute Gasteiger partial charge is 0.377 e. The lowest BCUT2D eigenvalue weighted by Crippen LogP contribution is -2.64. The topological polar surface area (TPSA) is 82.2 Å². The van der Waals surface area contributed by atoms with Crippen molar-refractivity contribution in [3.05, 3.63) is 23.4 Å². The minimum absolute atomic E-state index is 0.0997. The van der Waals surface area contributed by atoms with Crippen LogP contribution in [0, 0.1) is 5.82 Å². The lowest BCUT2D eigenvalue weighted by atomic mass is 9.81. The number of hydrogen-bond donors (Lipinski definition) is 2. The standard InChI is InChI=1S/C22H29F2N7O/c1-22(11-32-12-22)31-6-4-30(5-7-31)21-18(24)20(26-19(27-21)13-2-3-13)25-17-10-16(28-29-17)14-8-15(23)9-14/h10,13-15H,2-9,11-12H2,1H3,(H2,25,26,27,28,29). The summed E-state index contributed by atoms with van der Waals surface area (Å²) in [7, 11) is 0. The summed E-state index contributed by atoms with van der Waals surface area (Å²) in [6, 6.07) is 1.83. The van der Waals surface area contributed by atoms with Gasteiger partial charge in [0.15, 0.2) is 17.5 Å². The Hall–Kier alpha value is -2.33. The summed E-state index contributed by atoms with van der Waals surface area (Å²) in [4.78, 5) is 13.6. The molecular formula is C22H29F2N7O. The Kier molecular flexibility index (Phi) is 4.83. The van der Waals surface area contributed by atoms with E-state index < -0.39 is 12.0 Å². The number of nitrogens with one attached hydrogen (secondary N) is 2. The van der Waals surface area contributed by atoms with Gasteiger partial charge in [0.25, 0.3) is 0 Å². The number of nitrogens with zero attached hydrogens (tertiary/aromatic N) is 5. The third-order valence-corrected chi connectivity index (χ3v) is 7.33. The molecule has 0 aromatic carbocycles. The Balaban J connectivity index is 1.21. The fourth-order valence-corrected chi connectivity index (χ4v) is 4.84. The normalized spacial score (nSPS) is 27.7. The molecule has 2 aromatic heterocycles. The molecule has 2 aromatic rings. The summed E-state index contributed by atoms with van der Waals surface area (Å²) in [6.45, 7) is 6.87. The van der Waals surface area contributed by atoms with Gasteiger partial charge in [-0.3, -0.25) is 10.00 Å². The first kappa shape index (κ1) is 20.3. The molecule has 32 heavy (non-hydrogen) atoms. The van der Waals surface area contributed by atoms with Crippen LogP contribution < -0.4 is 10.2 Å². The molecule has 8 nitrogen and oxygen atoms in total. The highest BCUT2D eigenvalue weighted by atomic mass is 19.1. The average Bonchev–Trinajstić information content (AvgIpc) is 3.51. The molecule has 0 bridgehead atoms. The van der Waals surface area contributed by atoms with Crippen molar-refractivity contribution in [2.75, 3.05) is 49.6 Å². The van der Waals surface area contributed by atoms with Gasteiger partial charge in [0, 0.05) is 49.8 Å². The summed E-state index contributed by atoms with van der Waals surface area (Å²) in [6.07, 6.45) is 2.36. The zero-order chi connectivity index (χ0) is 21.9. The first-order valence-corrected chi connectivity index (χ1v) is 11.6. The average molecular weight is 446 g/mol. The van der Waals surface area contributed by atoms with Crippen LogP contribution in [-0.2, 0) is 4.74 Å². The number of hydrogen-bond acceptors (Lipinski definition) is 7. The Bertz CT molecular complexity index is 992. The predicted octanol–water partition coefficient (Wildman–Crippen LogP) is 3.09. The number of rotatable bonds is 6. The highest BCUT2D eigenvalue weighted by molar-refractivity contribution is 5.59. The summed E-state index contributed by atoms with van der Waals surface area (Å²) < 4.78 is 34.2. The van der Waals surface area contributed by atoms with E-state index in [1.54, 1.807) is 0 Å². The van der Waals surface area contributed by atoms with Gasteiger partial charge in [-0.15, -0.1) is 0 Å². The monoisotopic (exact) mass is 445 g/mol.